The molecule has 8 aromatic rings. The van der Waals surface area contributed by atoms with Gasteiger partial charge in [-0.15, -0.1) is 0 Å². The van der Waals surface area contributed by atoms with E-state index in [1.54, 1.807) is 5.56 Å². The molecule has 4 heteroatoms. The number of hydrogen-bond donors (Lipinski definition) is 0. The zero-order valence-corrected chi connectivity index (χ0v) is 34.4. The molecular formula is C55H45BN2O. The van der Waals surface area contributed by atoms with E-state index in [2.05, 4.69) is 178 Å². The number of furan rings is 1. The number of benzene rings is 7. The van der Waals surface area contributed by atoms with Crippen LogP contribution in [0.25, 0.3) is 44.2 Å². The Bertz CT molecular complexity index is 3190. The van der Waals surface area contributed by atoms with Crippen molar-refractivity contribution in [2.24, 2.45) is 0 Å². The molecule has 4 aliphatic heterocycles. The normalized spacial score (nSPS) is 21.9. The summed E-state index contributed by atoms with van der Waals surface area (Å²) >= 11 is 0. The summed E-state index contributed by atoms with van der Waals surface area (Å²) in [6.07, 6.45) is 4.86. The molecule has 3 nitrogen and oxygen atoms in total. The predicted molar refractivity (Wildman–Crippen MR) is 245 cm³/mol. The molecule has 1 spiro atoms. The molecule has 5 heterocycles. The zero-order chi connectivity index (χ0) is 39.4. The molecule has 0 N–H and O–H groups in total. The first-order valence-electron chi connectivity index (χ1n) is 21.9. The number of rotatable bonds is 0. The topological polar surface area (TPSA) is 19.6 Å². The van der Waals surface area contributed by atoms with Crippen LogP contribution in [-0.4, -0.2) is 12.4 Å². The Kier molecular flexibility index (Phi) is 5.81. The SMILES string of the molecule is CC(C)(C)c1cc2c3c(c1)C1(C)CCCCC1(C)N3c1cc3oc4ccccc4c3c3c1B2N1c2ccccc2C2(c4ccccc4-c4ccccc42)c2cccc-3c21. The van der Waals surface area contributed by atoms with Gasteiger partial charge in [0.25, 0.3) is 0 Å². The quantitative estimate of drug-likeness (QED) is 0.144. The minimum absolute atomic E-state index is 0.00104. The molecule has 7 aromatic carbocycles. The summed E-state index contributed by atoms with van der Waals surface area (Å²) in [6.45, 7) is 12.4. The number of anilines is 4. The van der Waals surface area contributed by atoms with Crippen molar-refractivity contribution in [3.8, 4) is 22.3 Å². The highest BCUT2D eigenvalue weighted by molar-refractivity contribution is 6.94. The van der Waals surface area contributed by atoms with Crippen LogP contribution in [0.1, 0.15) is 93.7 Å². The van der Waals surface area contributed by atoms with E-state index in [1.165, 1.54) is 114 Å². The van der Waals surface area contributed by atoms with E-state index in [0.29, 0.717) is 0 Å². The monoisotopic (exact) mass is 760 g/mol. The highest BCUT2D eigenvalue weighted by atomic mass is 16.3. The Morgan fingerprint density at radius 3 is 2.03 bits per heavy atom. The second kappa shape index (κ2) is 10.4. The second-order valence-electron chi connectivity index (χ2n) is 19.8. The molecule has 0 bridgehead atoms. The molecule has 2 aliphatic carbocycles. The summed E-state index contributed by atoms with van der Waals surface area (Å²) < 4.78 is 6.99. The van der Waals surface area contributed by atoms with Crippen LogP contribution in [0.3, 0.4) is 0 Å². The lowest BCUT2D eigenvalue weighted by atomic mass is 9.41. The molecule has 59 heavy (non-hydrogen) atoms. The van der Waals surface area contributed by atoms with E-state index in [9.17, 15) is 0 Å². The number of para-hydroxylation sites is 3. The Morgan fingerprint density at radius 2 is 1.25 bits per heavy atom. The molecule has 2 unspecified atom stereocenters. The molecule has 284 valence electrons. The predicted octanol–water partition coefficient (Wildman–Crippen LogP) is 12.5. The van der Waals surface area contributed by atoms with Gasteiger partial charge >= 0.3 is 6.85 Å². The summed E-state index contributed by atoms with van der Waals surface area (Å²) in [5.41, 5.74) is 23.4. The zero-order valence-electron chi connectivity index (χ0n) is 34.4. The van der Waals surface area contributed by atoms with E-state index in [4.69, 9.17) is 4.42 Å². The molecule has 1 saturated carbocycles. The molecular weight excluding hydrogens is 715 g/mol. The number of nitrogens with zero attached hydrogens (tertiary/aromatic N) is 2. The average Bonchev–Trinajstić information content (AvgIpc) is 3.84. The maximum Gasteiger partial charge on any atom is 0.333 e. The van der Waals surface area contributed by atoms with Gasteiger partial charge in [-0.3, -0.25) is 0 Å². The van der Waals surface area contributed by atoms with Crippen molar-refractivity contribution in [1.82, 2.24) is 0 Å². The maximum atomic E-state index is 6.99. The van der Waals surface area contributed by atoms with Gasteiger partial charge in [0.05, 0.1) is 11.0 Å². The first kappa shape index (κ1) is 32.9. The van der Waals surface area contributed by atoms with Gasteiger partial charge in [0.2, 0.25) is 0 Å². The van der Waals surface area contributed by atoms with Gasteiger partial charge in [-0.05, 0) is 98.3 Å². The molecule has 0 radical (unpaired) electrons. The molecule has 0 saturated heterocycles. The Hall–Kier alpha value is -6.00. The van der Waals surface area contributed by atoms with Crippen molar-refractivity contribution < 1.29 is 4.42 Å². The Morgan fingerprint density at radius 1 is 0.593 bits per heavy atom. The first-order chi connectivity index (χ1) is 28.7. The number of hydrogen-bond acceptors (Lipinski definition) is 3. The highest BCUT2D eigenvalue weighted by Crippen LogP contribution is 2.67. The average molecular weight is 761 g/mol. The highest BCUT2D eigenvalue weighted by Gasteiger charge is 2.63. The van der Waals surface area contributed by atoms with Crippen LogP contribution < -0.4 is 20.6 Å². The summed E-state index contributed by atoms with van der Waals surface area (Å²) in [4.78, 5) is 5.65. The minimum Gasteiger partial charge on any atom is -0.456 e. The van der Waals surface area contributed by atoms with Crippen molar-refractivity contribution in [3.63, 3.8) is 0 Å². The second-order valence-corrected chi connectivity index (χ2v) is 19.8. The lowest BCUT2D eigenvalue weighted by Crippen LogP contribution is -2.65. The van der Waals surface area contributed by atoms with Crippen molar-refractivity contribution in [2.45, 2.75) is 82.1 Å². The van der Waals surface area contributed by atoms with Gasteiger partial charge in [-0.2, -0.15) is 0 Å². The van der Waals surface area contributed by atoms with Crippen LogP contribution >= 0.6 is 0 Å². The Balaban J connectivity index is 1.21. The van der Waals surface area contributed by atoms with Gasteiger partial charge in [0, 0.05) is 50.6 Å². The van der Waals surface area contributed by atoms with E-state index < -0.39 is 5.41 Å². The molecule has 2 atom stereocenters. The van der Waals surface area contributed by atoms with Crippen LogP contribution in [-0.2, 0) is 16.2 Å². The summed E-state index contributed by atoms with van der Waals surface area (Å²) in [5.74, 6) is 0. The maximum absolute atomic E-state index is 6.99. The van der Waals surface area contributed by atoms with Crippen molar-refractivity contribution >= 4 is 62.5 Å². The third kappa shape index (κ3) is 3.53. The molecule has 14 rings (SSSR count). The van der Waals surface area contributed by atoms with Gasteiger partial charge in [-0.1, -0.05) is 156 Å². The lowest BCUT2D eigenvalue weighted by Gasteiger charge is -2.54. The van der Waals surface area contributed by atoms with Crippen LogP contribution in [0.2, 0.25) is 0 Å². The standard InChI is InChI=1S/C55H45BN2O/c1-52(2,3)32-29-41-51-42(30-32)56-49-44(57(51)54(5)28-15-14-27-53(41,54)4)31-46-47(35-19-8-13-26-45(35)59-46)48(49)36-20-16-24-40-50(36)58(56)43-25-12-11-23-39(43)55(40)37-21-9-6-17-33(37)34-18-7-10-22-38(34)55/h6-13,16-26,29-31H,14-15,27-28H2,1-5H3. The minimum atomic E-state index is -0.482. The first-order valence-corrected chi connectivity index (χ1v) is 21.9. The third-order valence-corrected chi connectivity index (χ3v) is 16.3. The van der Waals surface area contributed by atoms with Crippen LogP contribution in [0.4, 0.5) is 22.7 Å². The van der Waals surface area contributed by atoms with Gasteiger partial charge in [0.1, 0.15) is 11.2 Å². The summed E-state index contributed by atoms with van der Waals surface area (Å²) in [5, 5.41) is 2.43. The number of fused-ring (bicyclic) bond motifs is 20. The fourth-order valence-corrected chi connectivity index (χ4v) is 13.6. The summed E-state index contributed by atoms with van der Waals surface area (Å²) in [7, 11) is 0. The van der Waals surface area contributed by atoms with E-state index in [0.717, 1.165) is 17.6 Å². The van der Waals surface area contributed by atoms with Crippen molar-refractivity contribution in [1.29, 1.82) is 0 Å². The fourth-order valence-electron chi connectivity index (χ4n) is 13.6. The van der Waals surface area contributed by atoms with Crippen molar-refractivity contribution in [3.05, 3.63) is 167 Å². The Labute approximate surface area is 346 Å². The van der Waals surface area contributed by atoms with Crippen LogP contribution in [0.5, 0.6) is 0 Å². The largest absolute Gasteiger partial charge is 0.456 e. The summed E-state index contributed by atoms with van der Waals surface area (Å²) in [6, 6.07) is 51.5. The van der Waals surface area contributed by atoms with Gasteiger partial charge in [0.15, 0.2) is 0 Å². The fraction of sp³-hybridized carbons (Fsp3) is 0.236. The lowest BCUT2D eigenvalue weighted by molar-refractivity contribution is 0.195. The van der Waals surface area contributed by atoms with E-state index in [1.807, 2.05) is 0 Å². The van der Waals surface area contributed by atoms with E-state index >= 15 is 0 Å². The molecule has 1 aromatic heterocycles. The molecule has 1 fully saturated rings. The van der Waals surface area contributed by atoms with Crippen molar-refractivity contribution in [2.75, 3.05) is 9.71 Å². The van der Waals surface area contributed by atoms with Crippen LogP contribution in [0.15, 0.2) is 138 Å². The molecule has 0 amide bonds. The molecule has 6 aliphatic rings. The van der Waals surface area contributed by atoms with E-state index in [-0.39, 0.29) is 23.2 Å². The van der Waals surface area contributed by atoms with Crippen LogP contribution in [0, 0.1) is 0 Å². The third-order valence-electron chi connectivity index (χ3n) is 16.3. The smallest absolute Gasteiger partial charge is 0.333 e. The van der Waals surface area contributed by atoms with Gasteiger partial charge in [-0.25, -0.2) is 0 Å². The van der Waals surface area contributed by atoms with Gasteiger partial charge < -0.3 is 14.1 Å².